The molecular formula is C31H28N2O4. The Morgan fingerprint density at radius 2 is 1.65 bits per heavy atom. The fourth-order valence-corrected chi connectivity index (χ4v) is 4.78. The van der Waals surface area contributed by atoms with Crippen LogP contribution in [0.5, 0.6) is 0 Å². The average Bonchev–Trinajstić information content (AvgIpc) is 3.45. The number of carboxylic acids is 1. The molecule has 0 aliphatic heterocycles. The summed E-state index contributed by atoms with van der Waals surface area (Å²) in [6.07, 6.45) is 0. The van der Waals surface area contributed by atoms with Gasteiger partial charge in [0, 0.05) is 41.8 Å². The molecule has 6 nitrogen and oxygen atoms in total. The van der Waals surface area contributed by atoms with Crippen molar-refractivity contribution in [2.45, 2.75) is 27.3 Å². The first kappa shape index (κ1) is 24.1. The molecular weight excluding hydrogens is 464 g/mol. The number of hydrogen-bond donors (Lipinski definition) is 1. The standard InChI is InChI=1S/C31H28N2O4/c1-19-9-16-29(37-19)32(4)30(34)24-14-15-28-27(17-24)20(2)21(3)33(28)18-22-10-12-23(13-11-22)25-7-5-6-8-26(25)31(35)36/h5-17H,18H2,1-4H3,(H,35,36). The molecule has 186 valence electrons. The topological polar surface area (TPSA) is 75.7 Å². The molecule has 0 atom stereocenters. The number of furan rings is 1. The molecule has 0 saturated carbocycles. The Bertz CT molecular complexity index is 1640. The van der Waals surface area contributed by atoms with Crippen LogP contribution < -0.4 is 4.90 Å². The van der Waals surface area contributed by atoms with Gasteiger partial charge in [-0.05, 0) is 73.4 Å². The minimum atomic E-state index is -0.937. The maximum Gasteiger partial charge on any atom is 0.336 e. The van der Waals surface area contributed by atoms with Crippen LogP contribution in [0.3, 0.4) is 0 Å². The molecule has 3 aromatic carbocycles. The van der Waals surface area contributed by atoms with Crippen LogP contribution in [-0.4, -0.2) is 28.6 Å². The highest BCUT2D eigenvalue weighted by molar-refractivity contribution is 6.07. The number of aromatic nitrogens is 1. The van der Waals surface area contributed by atoms with E-state index in [0.29, 0.717) is 23.6 Å². The van der Waals surface area contributed by atoms with Crippen LogP contribution in [0.2, 0.25) is 0 Å². The first-order chi connectivity index (χ1) is 17.7. The predicted molar refractivity (Wildman–Crippen MR) is 146 cm³/mol. The van der Waals surface area contributed by atoms with Crippen molar-refractivity contribution in [1.82, 2.24) is 4.57 Å². The van der Waals surface area contributed by atoms with E-state index in [-0.39, 0.29) is 11.5 Å². The Hall–Kier alpha value is -4.58. The zero-order chi connectivity index (χ0) is 26.3. The van der Waals surface area contributed by atoms with Crippen LogP contribution in [0, 0.1) is 20.8 Å². The Kier molecular flexibility index (Phi) is 6.17. The summed E-state index contributed by atoms with van der Waals surface area (Å²) in [6, 6.07) is 24.5. The van der Waals surface area contributed by atoms with Gasteiger partial charge in [0.25, 0.3) is 5.91 Å². The highest BCUT2D eigenvalue weighted by Gasteiger charge is 2.19. The van der Waals surface area contributed by atoms with Crippen LogP contribution in [0.4, 0.5) is 5.88 Å². The molecule has 0 unspecified atom stereocenters. The number of hydrogen-bond acceptors (Lipinski definition) is 3. The summed E-state index contributed by atoms with van der Waals surface area (Å²) in [4.78, 5) is 26.3. The van der Waals surface area contributed by atoms with Crippen LogP contribution in [0.15, 0.2) is 83.3 Å². The van der Waals surface area contributed by atoms with E-state index in [4.69, 9.17) is 4.42 Å². The van der Waals surface area contributed by atoms with E-state index in [1.54, 1.807) is 25.2 Å². The number of anilines is 1. The Labute approximate surface area is 215 Å². The lowest BCUT2D eigenvalue weighted by Crippen LogP contribution is -2.25. The first-order valence-corrected chi connectivity index (χ1v) is 12.1. The third-order valence-corrected chi connectivity index (χ3v) is 7.01. The molecule has 0 spiro atoms. The second-order valence-corrected chi connectivity index (χ2v) is 9.32. The third-order valence-electron chi connectivity index (χ3n) is 7.01. The van der Waals surface area contributed by atoms with Crippen LogP contribution >= 0.6 is 0 Å². The number of amides is 1. The zero-order valence-corrected chi connectivity index (χ0v) is 21.3. The van der Waals surface area contributed by atoms with Crippen molar-refractivity contribution < 1.29 is 19.1 Å². The lowest BCUT2D eigenvalue weighted by Gasteiger charge is -2.14. The number of nitrogens with zero attached hydrogens (tertiary/aromatic N) is 2. The lowest BCUT2D eigenvalue weighted by atomic mass is 9.99. The zero-order valence-electron chi connectivity index (χ0n) is 21.3. The van der Waals surface area contributed by atoms with Crippen LogP contribution in [0.1, 0.15) is 43.3 Å². The number of carbonyl (C=O) groups excluding carboxylic acids is 1. The highest BCUT2D eigenvalue weighted by Crippen LogP contribution is 2.29. The number of rotatable bonds is 6. The fourth-order valence-electron chi connectivity index (χ4n) is 4.78. The van der Waals surface area contributed by atoms with Gasteiger partial charge in [0.15, 0.2) is 0 Å². The molecule has 1 amide bonds. The van der Waals surface area contributed by atoms with E-state index < -0.39 is 5.97 Å². The van der Waals surface area contributed by atoms with Gasteiger partial charge >= 0.3 is 5.97 Å². The third kappa shape index (κ3) is 4.42. The quantitative estimate of drug-likeness (QED) is 0.281. The number of carboxylic acid groups (broad SMARTS) is 1. The van der Waals surface area contributed by atoms with Gasteiger partial charge in [0.2, 0.25) is 5.88 Å². The molecule has 5 rings (SSSR count). The smallest absolute Gasteiger partial charge is 0.336 e. The van der Waals surface area contributed by atoms with Gasteiger partial charge < -0.3 is 14.1 Å². The second-order valence-electron chi connectivity index (χ2n) is 9.32. The van der Waals surface area contributed by atoms with Crippen molar-refractivity contribution in [3.8, 4) is 11.1 Å². The van der Waals surface area contributed by atoms with E-state index >= 15 is 0 Å². The number of benzene rings is 3. The molecule has 0 fully saturated rings. The predicted octanol–water partition coefficient (Wildman–Crippen LogP) is 6.85. The normalized spacial score (nSPS) is 11.1. The van der Waals surface area contributed by atoms with Crippen molar-refractivity contribution in [3.63, 3.8) is 0 Å². The Balaban J connectivity index is 1.44. The number of carbonyl (C=O) groups is 2. The monoisotopic (exact) mass is 492 g/mol. The van der Waals surface area contributed by atoms with E-state index in [1.165, 1.54) is 4.90 Å². The summed E-state index contributed by atoms with van der Waals surface area (Å²) in [5.41, 5.74) is 6.89. The van der Waals surface area contributed by atoms with Crippen LogP contribution in [-0.2, 0) is 6.54 Å². The lowest BCUT2D eigenvalue weighted by molar-refractivity contribution is 0.0697. The van der Waals surface area contributed by atoms with Crippen molar-refractivity contribution in [2.75, 3.05) is 11.9 Å². The van der Waals surface area contributed by atoms with E-state index in [2.05, 4.69) is 18.4 Å². The van der Waals surface area contributed by atoms with Gasteiger partial charge in [0.1, 0.15) is 5.76 Å². The first-order valence-electron chi connectivity index (χ1n) is 12.1. The van der Waals surface area contributed by atoms with E-state index in [0.717, 1.165) is 39.0 Å². The molecule has 2 aromatic heterocycles. The maximum absolute atomic E-state index is 13.1. The van der Waals surface area contributed by atoms with E-state index in [9.17, 15) is 14.7 Å². The summed E-state index contributed by atoms with van der Waals surface area (Å²) in [7, 11) is 1.71. The summed E-state index contributed by atoms with van der Waals surface area (Å²) >= 11 is 0. The van der Waals surface area contributed by atoms with Crippen molar-refractivity contribution in [3.05, 3.63) is 113 Å². The average molecular weight is 493 g/mol. The maximum atomic E-state index is 13.1. The van der Waals surface area contributed by atoms with Crippen molar-refractivity contribution in [2.24, 2.45) is 0 Å². The Morgan fingerprint density at radius 1 is 0.919 bits per heavy atom. The molecule has 0 saturated heterocycles. The highest BCUT2D eigenvalue weighted by atomic mass is 16.4. The van der Waals surface area contributed by atoms with Crippen LogP contribution in [0.25, 0.3) is 22.0 Å². The van der Waals surface area contributed by atoms with Gasteiger partial charge in [0.05, 0.1) is 5.56 Å². The summed E-state index contributed by atoms with van der Waals surface area (Å²) in [5.74, 6) is 0.210. The van der Waals surface area contributed by atoms with E-state index in [1.807, 2.05) is 67.6 Å². The molecule has 1 N–H and O–H groups in total. The molecule has 0 aliphatic carbocycles. The molecule has 5 aromatic rings. The molecule has 0 radical (unpaired) electrons. The minimum absolute atomic E-state index is 0.127. The molecule has 0 aliphatic rings. The number of fused-ring (bicyclic) bond motifs is 1. The van der Waals surface area contributed by atoms with Gasteiger partial charge in [-0.25, -0.2) is 4.79 Å². The van der Waals surface area contributed by atoms with Crippen molar-refractivity contribution in [1.29, 1.82) is 0 Å². The summed E-state index contributed by atoms with van der Waals surface area (Å²) in [6.45, 7) is 6.68. The van der Waals surface area contributed by atoms with Gasteiger partial charge in [-0.2, -0.15) is 0 Å². The summed E-state index contributed by atoms with van der Waals surface area (Å²) < 4.78 is 7.86. The number of aromatic carboxylic acids is 1. The van der Waals surface area contributed by atoms with Gasteiger partial charge in [-0.3, -0.25) is 9.69 Å². The largest absolute Gasteiger partial charge is 0.478 e. The van der Waals surface area contributed by atoms with Gasteiger partial charge in [-0.1, -0.05) is 42.5 Å². The van der Waals surface area contributed by atoms with Gasteiger partial charge in [-0.15, -0.1) is 0 Å². The SMILES string of the molecule is Cc1ccc(N(C)C(=O)c2ccc3c(c2)c(C)c(C)n3Cc2ccc(-c3ccccc3C(=O)O)cc2)o1. The second kappa shape index (κ2) is 9.47. The molecule has 2 heterocycles. The number of aryl methyl sites for hydroxylation is 2. The minimum Gasteiger partial charge on any atom is -0.478 e. The summed E-state index contributed by atoms with van der Waals surface area (Å²) in [5, 5.41) is 10.6. The fraction of sp³-hybridized carbons (Fsp3) is 0.161. The molecule has 6 heteroatoms. The molecule has 0 bridgehead atoms. The van der Waals surface area contributed by atoms with Crippen molar-refractivity contribution >= 4 is 28.7 Å². The molecule has 37 heavy (non-hydrogen) atoms. The Morgan fingerprint density at radius 3 is 2.32 bits per heavy atom.